The Labute approximate surface area is 174 Å². The summed E-state index contributed by atoms with van der Waals surface area (Å²) in [5, 5.41) is 6.83. The molecule has 0 radical (unpaired) electrons. The molecule has 1 heterocycles. The topological polar surface area (TPSA) is 58.1 Å². The molecule has 1 aromatic rings. The number of ether oxygens (including phenoxy) is 2. The highest BCUT2D eigenvalue weighted by Crippen LogP contribution is 2.27. The van der Waals surface area contributed by atoms with Gasteiger partial charge >= 0.3 is 0 Å². The molecule has 1 aliphatic heterocycles. The van der Waals surface area contributed by atoms with Crippen molar-refractivity contribution in [1.82, 2.24) is 15.5 Å². The second-order valence-electron chi connectivity index (χ2n) is 6.49. The molecule has 0 aliphatic carbocycles. The molecule has 0 amide bonds. The standard InChI is InChI=1S/C19H32N4O2.HI/c1-15(14-24-3)22-19(20-2)21-13-18(23-10-5-6-11-23)16-8-7-9-17(12-16)25-4;/h7-9,12,15,18H,5-6,10-11,13-14H2,1-4H3,(H2,20,21,22);1H. The monoisotopic (exact) mass is 476 g/mol. The number of methoxy groups -OCH3 is 2. The van der Waals surface area contributed by atoms with Crippen LogP contribution in [-0.4, -0.2) is 64.4 Å². The van der Waals surface area contributed by atoms with Crippen LogP contribution in [0, 0.1) is 0 Å². The molecule has 2 N–H and O–H groups in total. The van der Waals surface area contributed by atoms with E-state index >= 15 is 0 Å². The van der Waals surface area contributed by atoms with Gasteiger partial charge in [-0.15, -0.1) is 24.0 Å². The molecule has 2 atom stereocenters. The van der Waals surface area contributed by atoms with E-state index in [-0.39, 0.29) is 30.0 Å². The minimum Gasteiger partial charge on any atom is -0.497 e. The SMILES string of the molecule is CN=C(NCC(c1cccc(OC)c1)N1CCCC1)NC(C)COC.I. The lowest BCUT2D eigenvalue weighted by Gasteiger charge is -2.29. The third kappa shape index (κ3) is 6.92. The van der Waals surface area contributed by atoms with Crippen LogP contribution in [0.3, 0.4) is 0 Å². The molecular formula is C19H33IN4O2. The van der Waals surface area contributed by atoms with Crippen molar-refractivity contribution in [1.29, 1.82) is 0 Å². The van der Waals surface area contributed by atoms with Crippen LogP contribution in [0.1, 0.15) is 31.4 Å². The quantitative estimate of drug-likeness (QED) is 0.343. The summed E-state index contributed by atoms with van der Waals surface area (Å²) in [6.45, 7) is 5.79. The maximum atomic E-state index is 5.41. The molecule has 7 heteroatoms. The van der Waals surface area contributed by atoms with Gasteiger partial charge in [0.25, 0.3) is 0 Å². The number of guanidine groups is 1. The molecule has 1 aromatic carbocycles. The van der Waals surface area contributed by atoms with Crippen LogP contribution in [0.25, 0.3) is 0 Å². The highest BCUT2D eigenvalue weighted by atomic mass is 127. The van der Waals surface area contributed by atoms with Gasteiger partial charge < -0.3 is 20.1 Å². The fraction of sp³-hybridized carbons (Fsp3) is 0.632. The van der Waals surface area contributed by atoms with E-state index in [4.69, 9.17) is 9.47 Å². The Morgan fingerprint density at radius 1 is 1.27 bits per heavy atom. The minimum atomic E-state index is 0. The summed E-state index contributed by atoms with van der Waals surface area (Å²) in [6.07, 6.45) is 2.52. The first-order chi connectivity index (χ1) is 12.2. The van der Waals surface area contributed by atoms with Gasteiger partial charge in [0.1, 0.15) is 5.75 Å². The van der Waals surface area contributed by atoms with Crippen LogP contribution in [0.2, 0.25) is 0 Å². The molecule has 1 aliphatic rings. The van der Waals surface area contributed by atoms with Crippen molar-refractivity contribution in [3.05, 3.63) is 29.8 Å². The normalized spacial score (nSPS) is 17.3. The summed E-state index contributed by atoms with van der Waals surface area (Å²) in [5.41, 5.74) is 1.27. The van der Waals surface area contributed by atoms with Gasteiger partial charge in [-0.2, -0.15) is 0 Å². The largest absolute Gasteiger partial charge is 0.497 e. The first kappa shape index (κ1) is 23.0. The van der Waals surface area contributed by atoms with E-state index in [1.807, 2.05) is 6.07 Å². The number of aliphatic imine (C=N–C) groups is 1. The zero-order valence-electron chi connectivity index (χ0n) is 16.3. The number of likely N-dealkylation sites (tertiary alicyclic amines) is 1. The van der Waals surface area contributed by atoms with Gasteiger partial charge in [0.2, 0.25) is 0 Å². The zero-order chi connectivity index (χ0) is 18.1. The Morgan fingerprint density at radius 2 is 2.00 bits per heavy atom. The second kappa shape index (κ2) is 12.3. The smallest absolute Gasteiger partial charge is 0.191 e. The van der Waals surface area contributed by atoms with E-state index in [1.165, 1.54) is 18.4 Å². The predicted octanol–water partition coefficient (Wildman–Crippen LogP) is 2.65. The molecule has 6 nitrogen and oxygen atoms in total. The fourth-order valence-electron chi connectivity index (χ4n) is 3.27. The number of hydrogen-bond donors (Lipinski definition) is 2. The molecule has 148 valence electrons. The first-order valence-corrected chi connectivity index (χ1v) is 9.02. The van der Waals surface area contributed by atoms with Gasteiger partial charge in [0, 0.05) is 26.7 Å². The van der Waals surface area contributed by atoms with Crippen molar-refractivity contribution in [2.45, 2.75) is 31.8 Å². The van der Waals surface area contributed by atoms with Crippen molar-refractivity contribution in [3.63, 3.8) is 0 Å². The number of benzene rings is 1. The van der Waals surface area contributed by atoms with E-state index in [9.17, 15) is 0 Å². The Kier molecular flexibility index (Phi) is 10.9. The molecule has 0 aromatic heterocycles. The van der Waals surface area contributed by atoms with Gasteiger partial charge in [-0.3, -0.25) is 9.89 Å². The average molecular weight is 476 g/mol. The molecule has 2 rings (SSSR count). The highest BCUT2D eigenvalue weighted by Gasteiger charge is 2.24. The van der Waals surface area contributed by atoms with Crippen LogP contribution in [0.5, 0.6) is 5.75 Å². The fourth-order valence-corrected chi connectivity index (χ4v) is 3.27. The Morgan fingerprint density at radius 3 is 2.62 bits per heavy atom. The lowest BCUT2D eigenvalue weighted by molar-refractivity contribution is 0.178. The van der Waals surface area contributed by atoms with E-state index < -0.39 is 0 Å². The lowest BCUT2D eigenvalue weighted by Crippen LogP contribution is -2.46. The first-order valence-electron chi connectivity index (χ1n) is 9.02. The van der Waals surface area contributed by atoms with E-state index in [2.05, 4.69) is 45.6 Å². The molecule has 1 fully saturated rings. The Bertz CT molecular complexity index is 550. The van der Waals surface area contributed by atoms with Crippen LogP contribution >= 0.6 is 24.0 Å². The average Bonchev–Trinajstić information content (AvgIpc) is 3.15. The third-order valence-electron chi connectivity index (χ3n) is 4.55. The molecular weight excluding hydrogens is 443 g/mol. The maximum absolute atomic E-state index is 5.41. The van der Waals surface area contributed by atoms with Gasteiger partial charge in [-0.1, -0.05) is 12.1 Å². The summed E-state index contributed by atoms with van der Waals surface area (Å²) in [6, 6.07) is 8.87. The molecule has 0 bridgehead atoms. The zero-order valence-corrected chi connectivity index (χ0v) is 18.7. The summed E-state index contributed by atoms with van der Waals surface area (Å²) in [4.78, 5) is 6.87. The number of halogens is 1. The van der Waals surface area contributed by atoms with Crippen molar-refractivity contribution in [2.75, 3.05) is 47.5 Å². The lowest BCUT2D eigenvalue weighted by atomic mass is 10.1. The van der Waals surface area contributed by atoms with Crippen LogP contribution < -0.4 is 15.4 Å². The van der Waals surface area contributed by atoms with Crippen molar-refractivity contribution in [3.8, 4) is 5.75 Å². The molecule has 0 saturated carbocycles. The minimum absolute atomic E-state index is 0. The third-order valence-corrected chi connectivity index (χ3v) is 4.55. The highest BCUT2D eigenvalue weighted by molar-refractivity contribution is 14.0. The number of rotatable bonds is 8. The van der Waals surface area contributed by atoms with E-state index in [0.29, 0.717) is 12.6 Å². The van der Waals surface area contributed by atoms with Gasteiger partial charge in [0.05, 0.1) is 19.8 Å². The summed E-state index contributed by atoms with van der Waals surface area (Å²) in [7, 11) is 5.22. The summed E-state index contributed by atoms with van der Waals surface area (Å²) < 4.78 is 10.6. The Balaban J connectivity index is 0.00000338. The van der Waals surface area contributed by atoms with Gasteiger partial charge in [0.15, 0.2) is 5.96 Å². The summed E-state index contributed by atoms with van der Waals surface area (Å²) >= 11 is 0. The maximum Gasteiger partial charge on any atom is 0.191 e. The number of nitrogens with one attached hydrogen (secondary N) is 2. The second-order valence-corrected chi connectivity index (χ2v) is 6.49. The molecule has 1 saturated heterocycles. The molecule has 26 heavy (non-hydrogen) atoms. The van der Waals surface area contributed by atoms with E-state index in [1.54, 1.807) is 21.3 Å². The molecule has 0 spiro atoms. The van der Waals surface area contributed by atoms with Crippen molar-refractivity contribution in [2.24, 2.45) is 4.99 Å². The Hall–Kier alpha value is -1.06. The summed E-state index contributed by atoms with van der Waals surface area (Å²) in [5.74, 6) is 1.70. The van der Waals surface area contributed by atoms with Gasteiger partial charge in [-0.05, 0) is 50.6 Å². The predicted molar refractivity (Wildman–Crippen MR) is 118 cm³/mol. The molecule has 2 unspecified atom stereocenters. The van der Waals surface area contributed by atoms with Crippen molar-refractivity contribution >= 4 is 29.9 Å². The number of hydrogen-bond acceptors (Lipinski definition) is 4. The van der Waals surface area contributed by atoms with E-state index in [0.717, 1.165) is 31.3 Å². The van der Waals surface area contributed by atoms with Crippen LogP contribution in [-0.2, 0) is 4.74 Å². The van der Waals surface area contributed by atoms with Gasteiger partial charge in [-0.25, -0.2) is 0 Å². The number of nitrogens with zero attached hydrogens (tertiary/aromatic N) is 2. The van der Waals surface area contributed by atoms with Crippen LogP contribution in [0.4, 0.5) is 0 Å². The van der Waals surface area contributed by atoms with Crippen LogP contribution in [0.15, 0.2) is 29.3 Å². The van der Waals surface area contributed by atoms with Crippen molar-refractivity contribution < 1.29 is 9.47 Å².